The Morgan fingerprint density at radius 2 is 2.14 bits per heavy atom. The molecule has 6 atom stereocenters. The number of carboxylic acids is 1. The van der Waals surface area contributed by atoms with E-state index >= 15 is 0 Å². The Labute approximate surface area is 167 Å². The molecule has 0 aromatic carbocycles. The molecule has 0 radical (unpaired) electrons. The molecule has 160 valence electrons. The maximum Gasteiger partial charge on any atom is 0.353 e. The van der Waals surface area contributed by atoms with Gasteiger partial charge in [0.2, 0.25) is 5.91 Å². The first-order chi connectivity index (χ1) is 12.5. The number of aliphatic hydroxyl groups excluding tert-OH is 1. The molecule has 3 aliphatic heterocycles. The number of carbonyl (C=O) groups excluding carboxylic acids is 1. The molecular weight excluding hydrogens is 412 g/mol. The molecule has 0 spiro atoms. The van der Waals surface area contributed by atoms with E-state index in [2.05, 4.69) is 10.0 Å². The quantitative estimate of drug-likeness (QED) is 0.271. The lowest BCUT2D eigenvalue weighted by Crippen LogP contribution is -2.63. The van der Waals surface area contributed by atoms with Crippen LogP contribution in [0.25, 0.3) is 0 Å². The molecular formula is C15H26N4O7S2. The van der Waals surface area contributed by atoms with E-state index in [1.165, 1.54) is 16.7 Å². The lowest BCUT2D eigenvalue weighted by molar-refractivity contribution is -0.163. The first-order valence-electron chi connectivity index (χ1n) is 8.67. The van der Waals surface area contributed by atoms with E-state index in [0.29, 0.717) is 17.9 Å². The molecule has 11 nitrogen and oxygen atoms in total. The number of hydrogen-bond donors (Lipinski definition) is 5. The number of aliphatic hydroxyl groups is 1. The van der Waals surface area contributed by atoms with Crippen molar-refractivity contribution in [2.75, 3.05) is 13.1 Å². The third kappa shape index (κ3) is 4.20. The lowest BCUT2D eigenvalue weighted by atomic mass is 9.79. The van der Waals surface area contributed by atoms with Crippen molar-refractivity contribution < 1.29 is 33.7 Å². The number of fused-ring (bicyclic) bond motifs is 1. The van der Waals surface area contributed by atoms with Gasteiger partial charge in [0.15, 0.2) is 0 Å². The van der Waals surface area contributed by atoms with Gasteiger partial charge in [0, 0.05) is 35.2 Å². The fraction of sp³-hybridized carbons (Fsp3) is 0.733. The minimum absolute atomic E-state index is 0. The monoisotopic (exact) mass is 438 g/mol. The Hall–Kier alpha value is -1.22. The van der Waals surface area contributed by atoms with Crippen molar-refractivity contribution in [2.45, 2.75) is 43.7 Å². The van der Waals surface area contributed by atoms with Gasteiger partial charge in [0.05, 0.1) is 18.1 Å². The fourth-order valence-corrected chi connectivity index (χ4v) is 6.05. The third-order valence-corrected chi connectivity index (χ3v) is 7.40. The number of nitrogens with zero attached hydrogens (tertiary/aromatic N) is 1. The summed E-state index contributed by atoms with van der Waals surface area (Å²) in [6.07, 6.45) is -0.197. The Balaban J connectivity index is 0.00000280. The Bertz CT molecular complexity index is 785. The summed E-state index contributed by atoms with van der Waals surface area (Å²) in [6.45, 7) is 4.17. The number of β-lactam (4-membered cyclic amide) rings is 1. The average Bonchev–Trinajstić information content (AvgIpc) is 3.07. The summed E-state index contributed by atoms with van der Waals surface area (Å²) >= 11 is 1.41. The number of rotatable bonds is 7. The standard InChI is InChI=1S/C15H24N4O6S2.H2O/c1-6-11-10(7(2)20)14(21)19(11)12(15(22)23)13(6)26-9-3-8(17-5-9)4-18-27(16,24)25;/h6-11,17-18,20H,3-5H2,1-2H3,(H,22,23)(H2,16,24,25);1H2/t6-,7-,8+,9+,10-,11-;/m1./s1. The van der Waals surface area contributed by atoms with E-state index in [4.69, 9.17) is 5.14 Å². The molecule has 0 aliphatic carbocycles. The Morgan fingerprint density at radius 1 is 1.50 bits per heavy atom. The van der Waals surface area contributed by atoms with Crippen LogP contribution in [0, 0.1) is 11.8 Å². The van der Waals surface area contributed by atoms with Crippen LogP contribution in [0.5, 0.6) is 0 Å². The highest BCUT2D eigenvalue weighted by molar-refractivity contribution is 8.03. The molecule has 28 heavy (non-hydrogen) atoms. The van der Waals surface area contributed by atoms with Crippen LogP contribution in [0.1, 0.15) is 20.3 Å². The van der Waals surface area contributed by atoms with E-state index < -0.39 is 28.2 Å². The van der Waals surface area contributed by atoms with Crippen molar-refractivity contribution in [1.82, 2.24) is 14.9 Å². The molecule has 0 unspecified atom stereocenters. The van der Waals surface area contributed by atoms with Crippen LogP contribution in [0.2, 0.25) is 0 Å². The largest absolute Gasteiger partial charge is 0.477 e. The molecule has 13 heteroatoms. The van der Waals surface area contributed by atoms with Crippen LogP contribution in [0.4, 0.5) is 0 Å². The molecule has 3 heterocycles. The van der Waals surface area contributed by atoms with Crippen molar-refractivity contribution >= 4 is 33.8 Å². The highest BCUT2D eigenvalue weighted by atomic mass is 32.2. The number of aliphatic carboxylic acids is 1. The van der Waals surface area contributed by atoms with E-state index in [-0.39, 0.29) is 46.9 Å². The van der Waals surface area contributed by atoms with Gasteiger partial charge in [0.25, 0.3) is 10.2 Å². The maximum atomic E-state index is 12.3. The summed E-state index contributed by atoms with van der Waals surface area (Å²) in [5.74, 6) is -2.27. The minimum Gasteiger partial charge on any atom is -0.477 e. The fourth-order valence-electron chi connectivity index (χ4n) is 4.10. The number of thioether (sulfide) groups is 1. The summed E-state index contributed by atoms with van der Waals surface area (Å²) in [6, 6.07) is -0.435. The van der Waals surface area contributed by atoms with E-state index in [1.807, 2.05) is 6.92 Å². The van der Waals surface area contributed by atoms with Gasteiger partial charge < -0.3 is 25.9 Å². The first-order valence-corrected chi connectivity index (χ1v) is 11.1. The summed E-state index contributed by atoms with van der Waals surface area (Å²) in [5, 5.41) is 27.7. The molecule has 8 N–H and O–H groups in total. The topological polar surface area (TPSA) is 194 Å². The predicted molar refractivity (Wildman–Crippen MR) is 102 cm³/mol. The average molecular weight is 439 g/mol. The Kier molecular flexibility index (Phi) is 6.80. The van der Waals surface area contributed by atoms with Crippen LogP contribution < -0.4 is 15.2 Å². The molecule has 1 amide bonds. The number of carboxylic acid groups (broad SMARTS) is 1. The van der Waals surface area contributed by atoms with Crippen molar-refractivity contribution in [3.05, 3.63) is 10.6 Å². The highest BCUT2D eigenvalue weighted by Crippen LogP contribution is 2.51. The predicted octanol–water partition coefficient (Wildman–Crippen LogP) is -2.43. The summed E-state index contributed by atoms with van der Waals surface area (Å²) in [4.78, 5) is 26.1. The zero-order valence-electron chi connectivity index (χ0n) is 15.5. The SMILES string of the molecule is C[C@@H](O)[C@H]1C(=O)N2C(C(=O)O)=C(S[C@@H]3CN[C@H](CNS(N)(=O)=O)C3)[C@H](C)[C@H]12.O. The summed E-state index contributed by atoms with van der Waals surface area (Å²) < 4.78 is 24.3. The van der Waals surface area contributed by atoms with Crippen LogP contribution in [0.15, 0.2) is 10.6 Å². The Morgan fingerprint density at radius 3 is 2.68 bits per heavy atom. The lowest BCUT2D eigenvalue weighted by Gasteiger charge is -2.46. The molecule has 2 saturated heterocycles. The second-order valence-corrected chi connectivity index (χ2v) is 9.97. The van der Waals surface area contributed by atoms with Crippen molar-refractivity contribution in [3.63, 3.8) is 0 Å². The molecule has 0 aromatic rings. The van der Waals surface area contributed by atoms with E-state index in [9.17, 15) is 28.2 Å². The van der Waals surface area contributed by atoms with E-state index in [1.54, 1.807) is 6.92 Å². The summed E-state index contributed by atoms with van der Waals surface area (Å²) in [5.41, 5.74) is 0.00510. The molecule has 3 rings (SSSR count). The molecule has 0 aromatic heterocycles. The highest BCUT2D eigenvalue weighted by Gasteiger charge is 2.60. The zero-order valence-corrected chi connectivity index (χ0v) is 17.1. The first kappa shape index (κ1) is 23.1. The molecule has 2 fully saturated rings. The zero-order chi connectivity index (χ0) is 20.1. The van der Waals surface area contributed by atoms with Gasteiger partial charge in [-0.25, -0.2) is 14.7 Å². The van der Waals surface area contributed by atoms with Crippen molar-refractivity contribution in [3.8, 4) is 0 Å². The van der Waals surface area contributed by atoms with Crippen LogP contribution in [0.3, 0.4) is 0 Å². The van der Waals surface area contributed by atoms with Crippen molar-refractivity contribution in [2.24, 2.45) is 17.0 Å². The number of amides is 1. The van der Waals surface area contributed by atoms with Crippen LogP contribution >= 0.6 is 11.8 Å². The molecule has 3 aliphatic rings. The summed E-state index contributed by atoms with van der Waals surface area (Å²) in [7, 11) is -3.76. The van der Waals surface area contributed by atoms with Crippen LogP contribution in [-0.2, 0) is 19.8 Å². The van der Waals surface area contributed by atoms with Gasteiger partial charge in [-0.3, -0.25) is 4.79 Å². The van der Waals surface area contributed by atoms with Gasteiger partial charge >= 0.3 is 5.97 Å². The van der Waals surface area contributed by atoms with Gasteiger partial charge in [-0.15, -0.1) is 11.8 Å². The third-order valence-electron chi connectivity index (χ3n) is 5.32. The maximum absolute atomic E-state index is 12.3. The number of hydrogen-bond acceptors (Lipinski definition) is 7. The van der Waals surface area contributed by atoms with Gasteiger partial charge in [-0.2, -0.15) is 8.42 Å². The smallest absolute Gasteiger partial charge is 0.353 e. The number of carbonyl (C=O) groups is 2. The van der Waals surface area contributed by atoms with Gasteiger partial charge in [-0.1, -0.05) is 6.92 Å². The number of nitrogens with one attached hydrogen (secondary N) is 2. The second-order valence-electron chi connectivity index (χ2n) is 7.25. The van der Waals surface area contributed by atoms with Gasteiger partial charge in [-0.05, 0) is 13.3 Å². The normalized spacial score (nSPS) is 33.4. The minimum atomic E-state index is -3.76. The molecule has 0 saturated carbocycles. The second kappa shape index (κ2) is 8.26. The number of nitrogens with two attached hydrogens (primary N) is 1. The van der Waals surface area contributed by atoms with Crippen LogP contribution in [-0.4, -0.2) is 77.4 Å². The van der Waals surface area contributed by atoms with Crippen molar-refractivity contribution in [1.29, 1.82) is 0 Å². The molecule has 0 bridgehead atoms. The van der Waals surface area contributed by atoms with Gasteiger partial charge in [0.1, 0.15) is 5.70 Å². The van der Waals surface area contributed by atoms with E-state index in [0.717, 1.165) is 0 Å².